The van der Waals surface area contributed by atoms with Gasteiger partial charge in [0.2, 0.25) is 0 Å². The molecule has 250 valence electrons. The van der Waals surface area contributed by atoms with Crippen LogP contribution in [0.3, 0.4) is 0 Å². The molecule has 10 aromatic carbocycles. The second-order valence-corrected chi connectivity index (χ2v) is 14.5. The third-order valence-corrected chi connectivity index (χ3v) is 11.7. The summed E-state index contributed by atoms with van der Waals surface area (Å²) in [5.74, 6) is 0. The Morgan fingerprint density at radius 2 is 0.685 bits per heavy atom. The van der Waals surface area contributed by atoms with Gasteiger partial charge in [-0.1, -0.05) is 146 Å². The summed E-state index contributed by atoms with van der Waals surface area (Å²) in [5.41, 5.74) is 9.68. The molecule has 0 saturated carbocycles. The summed E-state index contributed by atoms with van der Waals surface area (Å²) in [7, 11) is 0. The Bertz CT molecular complexity index is 3500. The Morgan fingerprint density at radius 3 is 1.35 bits per heavy atom. The van der Waals surface area contributed by atoms with Crippen LogP contribution in [0.25, 0.3) is 109 Å². The monoisotopic (exact) mass is 684 g/mol. The molecule has 2 heterocycles. The van der Waals surface area contributed by atoms with Gasteiger partial charge < -0.3 is 9.13 Å². The van der Waals surface area contributed by atoms with Crippen LogP contribution < -0.4 is 0 Å². The average Bonchev–Trinajstić information content (AvgIpc) is 3.75. The smallest absolute Gasteiger partial charge is 0.0547 e. The highest BCUT2D eigenvalue weighted by Gasteiger charge is 2.19. The van der Waals surface area contributed by atoms with E-state index in [0.29, 0.717) is 0 Å². The molecule has 0 saturated heterocycles. The minimum atomic E-state index is 1.20. The Morgan fingerprint density at radius 1 is 0.222 bits per heavy atom. The predicted octanol–water partition coefficient (Wildman–Crippen LogP) is 14.2. The normalized spacial score (nSPS) is 12.1. The van der Waals surface area contributed by atoms with Crippen LogP contribution in [0.5, 0.6) is 0 Å². The molecule has 0 radical (unpaired) electrons. The molecule has 0 aliphatic heterocycles. The number of benzene rings is 10. The van der Waals surface area contributed by atoms with E-state index in [1.807, 2.05) is 0 Å². The van der Waals surface area contributed by atoms with Crippen molar-refractivity contribution in [3.63, 3.8) is 0 Å². The van der Waals surface area contributed by atoms with E-state index in [1.54, 1.807) is 0 Å². The van der Waals surface area contributed by atoms with Crippen LogP contribution in [0.1, 0.15) is 0 Å². The fraction of sp³-hybridized carbons (Fsp3) is 0. The maximum atomic E-state index is 2.49. The zero-order valence-electron chi connectivity index (χ0n) is 29.4. The first-order valence-corrected chi connectivity index (χ1v) is 18.7. The van der Waals surface area contributed by atoms with Gasteiger partial charge in [0.25, 0.3) is 0 Å². The molecule has 2 nitrogen and oxygen atoms in total. The minimum absolute atomic E-state index is 1.20. The maximum absolute atomic E-state index is 2.49. The van der Waals surface area contributed by atoms with Gasteiger partial charge in [0.05, 0.1) is 33.4 Å². The lowest BCUT2D eigenvalue weighted by molar-refractivity contribution is 1.20. The molecule has 0 amide bonds. The first-order valence-electron chi connectivity index (χ1n) is 18.7. The molecular weight excluding hydrogens is 653 g/mol. The maximum Gasteiger partial charge on any atom is 0.0547 e. The molecule has 2 aromatic heterocycles. The highest BCUT2D eigenvalue weighted by Crippen LogP contribution is 2.42. The van der Waals surface area contributed by atoms with Crippen LogP contribution in [0.2, 0.25) is 0 Å². The van der Waals surface area contributed by atoms with Gasteiger partial charge in [0, 0.05) is 32.3 Å². The SMILES string of the molecule is c1ccc2c(-n3c4ccccc4c4cc(-c5ccc6c(c5)c5ccccc5n6-c5cc6c7ccccc7ccc6c6ccccc56)ccc43)cccc2c1. The molecule has 0 fully saturated rings. The van der Waals surface area contributed by atoms with E-state index in [-0.39, 0.29) is 0 Å². The number of hydrogen-bond donors (Lipinski definition) is 0. The minimum Gasteiger partial charge on any atom is -0.309 e. The van der Waals surface area contributed by atoms with Crippen molar-refractivity contribution < 1.29 is 0 Å². The van der Waals surface area contributed by atoms with E-state index < -0.39 is 0 Å². The summed E-state index contributed by atoms with van der Waals surface area (Å²) in [6.45, 7) is 0. The first-order chi connectivity index (χ1) is 26.8. The molecule has 0 unspecified atom stereocenters. The molecule has 12 rings (SSSR count). The molecule has 0 atom stereocenters. The van der Waals surface area contributed by atoms with Gasteiger partial charge in [-0.3, -0.25) is 0 Å². The van der Waals surface area contributed by atoms with Crippen molar-refractivity contribution in [2.75, 3.05) is 0 Å². The van der Waals surface area contributed by atoms with Crippen molar-refractivity contribution >= 4 is 86.7 Å². The third kappa shape index (κ3) is 4.11. The Kier molecular flexibility index (Phi) is 6.09. The van der Waals surface area contributed by atoms with E-state index in [2.05, 4.69) is 203 Å². The molecule has 0 N–H and O–H groups in total. The summed E-state index contributed by atoms with van der Waals surface area (Å²) < 4.78 is 4.92. The van der Waals surface area contributed by atoms with Crippen molar-refractivity contribution in [2.24, 2.45) is 0 Å². The van der Waals surface area contributed by atoms with Crippen molar-refractivity contribution in [3.8, 4) is 22.5 Å². The zero-order valence-corrected chi connectivity index (χ0v) is 29.4. The molecule has 0 bridgehead atoms. The summed E-state index contributed by atoms with van der Waals surface area (Å²) in [4.78, 5) is 0. The second-order valence-electron chi connectivity index (χ2n) is 14.5. The van der Waals surface area contributed by atoms with Crippen LogP contribution >= 0.6 is 0 Å². The zero-order chi connectivity index (χ0) is 35.3. The largest absolute Gasteiger partial charge is 0.309 e. The Hall–Kier alpha value is -7.16. The Balaban J connectivity index is 1.09. The lowest BCUT2D eigenvalue weighted by Crippen LogP contribution is -1.96. The van der Waals surface area contributed by atoms with E-state index in [9.17, 15) is 0 Å². The number of aromatic nitrogens is 2. The fourth-order valence-electron chi connectivity index (χ4n) is 9.25. The van der Waals surface area contributed by atoms with Crippen LogP contribution in [-0.4, -0.2) is 9.13 Å². The third-order valence-electron chi connectivity index (χ3n) is 11.7. The standard InChI is InChI=1S/C52H32N2/c1-3-15-37-34(13-1)24-27-40-39-17-5-6-18-41(39)52(32-44(37)40)54-49-22-10-8-20-43(49)46-31-36(26-29-51(46)54)35-25-28-50-45(30-35)42-19-7-9-21-48(42)53(50)47-23-11-14-33-12-2-4-16-38(33)47/h1-32H. The summed E-state index contributed by atoms with van der Waals surface area (Å²) in [5, 5.41) is 15.1. The quantitative estimate of drug-likeness (QED) is 0.164. The molecule has 0 aliphatic rings. The number of rotatable bonds is 3. The average molecular weight is 685 g/mol. The van der Waals surface area contributed by atoms with Gasteiger partial charge in [-0.2, -0.15) is 0 Å². The van der Waals surface area contributed by atoms with Gasteiger partial charge in [-0.05, 0) is 92.0 Å². The highest BCUT2D eigenvalue weighted by atomic mass is 15.0. The van der Waals surface area contributed by atoms with Gasteiger partial charge in [-0.25, -0.2) is 0 Å². The van der Waals surface area contributed by atoms with Gasteiger partial charge in [0.15, 0.2) is 0 Å². The molecule has 2 heteroatoms. The lowest BCUT2D eigenvalue weighted by Gasteiger charge is -2.15. The summed E-state index contributed by atoms with van der Waals surface area (Å²) in [6, 6.07) is 71.6. The fourth-order valence-corrected chi connectivity index (χ4v) is 9.25. The van der Waals surface area contributed by atoms with Gasteiger partial charge in [0.1, 0.15) is 0 Å². The van der Waals surface area contributed by atoms with Crippen LogP contribution in [0.15, 0.2) is 194 Å². The Labute approximate surface area is 311 Å². The molecule has 0 spiro atoms. The number of para-hydroxylation sites is 2. The number of fused-ring (bicyclic) bond motifs is 12. The number of hydrogen-bond acceptors (Lipinski definition) is 0. The van der Waals surface area contributed by atoms with Crippen molar-refractivity contribution in [3.05, 3.63) is 194 Å². The number of nitrogens with zero attached hydrogens (tertiary/aromatic N) is 2. The molecule has 54 heavy (non-hydrogen) atoms. The first kappa shape index (κ1) is 29.4. The van der Waals surface area contributed by atoms with E-state index in [0.717, 1.165) is 0 Å². The second kappa shape index (κ2) is 11.2. The van der Waals surface area contributed by atoms with E-state index in [1.165, 1.54) is 109 Å². The molecular formula is C52H32N2. The van der Waals surface area contributed by atoms with Crippen LogP contribution in [0, 0.1) is 0 Å². The highest BCUT2D eigenvalue weighted by molar-refractivity contribution is 6.21. The van der Waals surface area contributed by atoms with Crippen molar-refractivity contribution in [2.45, 2.75) is 0 Å². The summed E-state index contributed by atoms with van der Waals surface area (Å²) >= 11 is 0. The molecule has 0 aliphatic carbocycles. The van der Waals surface area contributed by atoms with Gasteiger partial charge >= 0.3 is 0 Å². The van der Waals surface area contributed by atoms with Crippen molar-refractivity contribution in [1.29, 1.82) is 0 Å². The lowest BCUT2D eigenvalue weighted by atomic mass is 9.95. The van der Waals surface area contributed by atoms with E-state index in [4.69, 9.17) is 0 Å². The van der Waals surface area contributed by atoms with Crippen molar-refractivity contribution in [1.82, 2.24) is 9.13 Å². The van der Waals surface area contributed by atoms with Crippen LogP contribution in [0.4, 0.5) is 0 Å². The molecule has 12 aromatic rings. The summed E-state index contributed by atoms with van der Waals surface area (Å²) in [6.07, 6.45) is 0. The van der Waals surface area contributed by atoms with Gasteiger partial charge in [-0.15, -0.1) is 0 Å². The topological polar surface area (TPSA) is 9.86 Å². The van der Waals surface area contributed by atoms with E-state index >= 15 is 0 Å². The van der Waals surface area contributed by atoms with Crippen LogP contribution in [-0.2, 0) is 0 Å². The predicted molar refractivity (Wildman–Crippen MR) is 231 cm³/mol.